The molecule has 3 heterocycles. The van der Waals surface area contributed by atoms with Gasteiger partial charge in [-0.1, -0.05) is 12.1 Å². The van der Waals surface area contributed by atoms with E-state index < -0.39 is 16.1 Å². The number of benzene rings is 3. The molecule has 2 amide bonds. The van der Waals surface area contributed by atoms with Crippen LogP contribution in [0.5, 0.6) is 17.2 Å². The second kappa shape index (κ2) is 14.3. The Morgan fingerprint density at radius 1 is 0.920 bits per heavy atom. The van der Waals surface area contributed by atoms with Crippen LogP contribution >= 0.6 is 0 Å². The lowest BCUT2D eigenvalue weighted by Crippen LogP contribution is -2.55. The number of carbonyl (C=O) groups is 2. The van der Waals surface area contributed by atoms with Gasteiger partial charge in [-0.05, 0) is 80.8 Å². The molecule has 0 saturated carbocycles. The van der Waals surface area contributed by atoms with Crippen LogP contribution < -0.4 is 14.2 Å². The van der Waals surface area contributed by atoms with Crippen LogP contribution in [0.3, 0.4) is 0 Å². The molecular weight excluding hydrogens is 659 g/mol. The van der Waals surface area contributed by atoms with E-state index >= 15 is 0 Å². The Hall–Kier alpha value is -5.19. The maximum absolute atomic E-state index is 14.3. The zero-order valence-electron chi connectivity index (χ0n) is 28.5. The summed E-state index contributed by atoms with van der Waals surface area (Å²) in [4.78, 5) is 34.8. The lowest BCUT2D eigenvalue weighted by molar-refractivity contribution is -0.136. The predicted octanol–water partition coefficient (Wildman–Crippen LogP) is 4.46. The summed E-state index contributed by atoms with van der Waals surface area (Å²) in [6, 6.07) is 18.3. The maximum atomic E-state index is 14.3. The minimum absolute atomic E-state index is 0.0582. The Balaban J connectivity index is 1.21. The van der Waals surface area contributed by atoms with E-state index in [0.29, 0.717) is 59.6 Å². The summed E-state index contributed by atoms with van der Waals surface area (Å²) in [6.07, 6.45) is 0.901. The molecule has 2 aliphatic heterocycles. The van der Waals surface area contributed by atoms with Gasteiger partial charge in [0.1, 0.15) is 40.3 Å². The van der Waals surface area contributed by atoms with Crippen LogP contribution in [0.15, 0.2) is 65.6 Å². The SMILES string of the molecule is COc1ccc(S(=O)(=O)N2CCC[C@H]2C(=O)N2CCN(C(=O)c3ccc(C#N)cc3)CC2)c(OC)c1COc1cccc2c(C)cc(C)nc12. The molecule has 0 N–H and O–H groups in total. The maximum Gasteiger partial charge on any atom is 0.253 e. The molecule has 0 unspecified atom stereocenters. The molecule has 0 aliphatic carbocycles. The number of amides is 2. The molecule has 13 heteroatoms. The summed E-state index contributed by atoms with van der Waals surface area (Å²) in [5.41, 5.74) is 3.95. The molecule has 1 atom stereocenters. The number of rotatable bonds is 9. The number of aromatic nitrogens is 1. The normalized spacial score (nSPS) is 16.7. The molecule has 260 valence electrons. The Morgan fingerprint density at radius 2 is 1.64 bits per heavy atom. The van der Waals surface area contributed by atoms with Crippen molar-refractivity contribution >= 4 is 32.7 Å². The minimum Gasteiger partial charge on any atom is -0.496 e. The van der Waals surface area contributed by atoms with Crippen molar-refractivity contribution in [1.82, 2.24) is 19.1 Å². The molecule has 1 aromatic heterocycles. The number of nitrogens with zero attached hydrogens (tertiary/aromatic N) is 5. The topological polar surface area (TPSA) is 142 Å². The number of hydrogen-bond acceptors (Lipinski definition) is 9. The molecule has 3 aromatic carbocycles. The summed E-state index contributed by atoms with van der Waals surface area (Å²) in [6.45, 7) is 5.23. The summed E-state index contributed by atoms with van der Waals surface area (Å²) >= 11 is 0. The number of nitriles is 1. The third-order valence-corrected chi connectivity index (χ3v) is 11.3. The van der Waals surface area contributed by atoms with Crippen molar-refractivity contribution in [2.24, 2.45) is 0 Å². The van der Waals surface area contributed by atoms with Gasteiger partial charge in [0.2, 0.25) is 15.9 Å². The van der Waals surface area contributed by atoms with Crippen LogP contribution in [0.4, 0.5) is 0 Å². The Bertz CT molecular complexity index is 2090. The van der Waals surface area contributed by atoms with Crippen molar-refractivity contribution < 1.29 is 32.2 Å². The summed E-state index contributed by atoms with van der Waals surface area (Å²) < 4.78 is 47.6. The fourth-order valence-corrected chi connectivity index (χ4v) is 8.61. The molecule has 2 aliphatic rings. The number of aryl methyl sites for hydroxylation is 2. The molecule has 6 rings (SSSR count). The van der Waals surface area contributed by atoms with Crippen LogP contribution in [0.2, 0.25) is 0 Å². The van der Waals surface area contributed by atoms with E-state index in [-0.39, 0.29) is 48.7 Å². The predicted molar refractivity (Wildman–Crippen MR) is 186 cm³/mol. The molecule has 50 heavy (non-hydrogen) atoms. The van der Waals surface area contributed by atoms with E-state index in [0.717, 1.165) is 16.6 Å². The molecule has 2 fully saturated rings. The number of para-hydroxylation sites is 1. The Labute approximate surface area is 291 Å². The van der Waals surface area contributed by atoms with E-state index in [2.05, 4.69) is 4.98 Å². The van der Waals surface area contributed by atoms with Crippen LogP contribution in [-0.4, -0.2) is 92.3 Å². The first-order chi connectivity index (χ1) is 24.1. The molecular formula is C37H39N5O7S. The highest BCUT2D eigenvalue weighted by Crippen LogP contribution is 2.39. The van der Waals surface area contributed by atoms with E-state index in [9.17, 15) is 18.0 Å². The van der Waals surface area contributed by atoms with Crippen molar-refractivity contribution in [2.75, 3.05) is 46.9 Å². The fourth-order valence-electron chi connectivity index (χ4n) is 6.78. The van der Waals surface area contributed by atoms with Gasteiger partial charge in [-0.2, -0.15) is 9.57 Å². The van der Waals surface area contributed by atoms with E-state index in [4.69, 9.17) is 19.5 Å². The number of fused-ring (bicyclic) bond motifs is 1. The first-order valence-corrected chi connectivity index (χ1v) is 17.8. The second-order valence-corrected chi connectivity index (χ2v) is 14.2. The average molecular weight is 698 g/mol. The van der Waals surface area contributed by atoms with Crippen molar-refractivity contribution in [2.45, 2.75) is 44.2 Å². The number of carbonyl (C=O) groups excluding carboxylic acids is 2. The Morgan fingerprint density at radius 3 is 2.32 bits per heavy atom. The average Bonchev–Trinajstić information content (AvgIpc) is 3.64. The standard InChI is InChI=1S/C37H39N5O7S/c1-24-21-25(2)39-34-28(24)7-5-9-32(34)49-23-29-31(47-3)14-15-33(35(29)48-4)50(45,46)42-16-6-8-30(42)37(44)41-19-17-40(18-20-41)36(43)27-12-10-26(22-38)11-13-27/h5,7,9-15,21,30H,6,8,16-20,23H2,1-4H3/t30-/m0/s1. The number of hydrogen-bond donors (Lipinski definition) is 0. The van der Waals surface area contributed by atoms with Crippen LogP contribution in [0, 0.1) is 25.2 Å². The van der Waals surface area contributed by atoms with E-state index in [1.54, 1.807) is 40.1 Å². The summed E-state index contributed by atoms with van der Waals surface area (Å²) in [5, 5.41) is 9.99. The zero-order valence-corrected chi connectivity index (χ0v) is 29.3. The quantitative estimate of drug-likeness (QED) is 0.248. The van der Waals surface area contributed by atoms with Crippen molar-refractivity contribution in [1.29, 1.82) is 5.26 Å². The van der Waals surface area contributed by atoms with Gasteiger partial charge in [0.15, 0.2) is 0 Å². The van der Waals surface area contributed by atoms with Crippen molar-refractivity contribution in [3.05, 3.63) is 88.6 Å². The van der Waals surface area contributed by atoms with E-state index in [1.807, 2.05) is 44.2 Å². The largest absolute Gasteiger partial charge is 0.496 e. The first kappa shape index (κ1) is 34.7. The lowest BCUT2D eigenvalue weighted by atomic mass is 10.1. The van der Waals surface area contributed by atoms with Crippen molar-refractivity contribution in [3.8, 4) is 23.3 Å². The Kier molecular flexibility index (Phi) is 9.95. The van der Waals surface area contributed by atoms with Gasteiger partial charge in [-0.25, -0.2) is 13.4 Å². The highest BCUT2D eigenvalue weighted by Gasteiger charge is 2.43. The molecule has 0 bridgehead atoms. The van der Waals surface area contributed by atoms with Crippen LogP contribution in [-0.2, 0) is 21.4 Å². The van der Waals surface area contributed by atoms with Gasteiger partial charge in [-0.15, -0.1) is 0 Å². The van der Waals surface area contributed by atoms with Crippen molar-refractivity contribution in [3.63, 3.8) is 0 Å². The number of sulfonamides is 1. The van der Waals surface area contributed by atoms with Gasteiger partial charge < -0.3 is 24.0 Å². The lowest BCUT2D eigenvalue weighted by Gasteiger charge is -2.37. The number of methoxy groups -OCH3 is 2. The summed E-state index contributed by atoms with van der Waals surface area (Å²) in [7, 11) is -1.32. The monoisotopic (exact) mass is 697 g/mol. The van der Waals surface area contributed by atoms with Gasteiger partial charge in [0.25, 0.3) is 5.91 Å². The third-order valence-electron chi connectivity index (χ3n) is 9.33. The smallest absolute Gasteiger partial charge is 0.253 e. The van der Waals surface area contributed by atoms with Crippen LogP contribution in [0.1, 0.15) is 45.6 Å². The summed E-state index contributed by atoms with van der Waals surface area (Å²) in [5.74, 6) is 0.541. The number of ether oxygens (including phenoxy) is 3. The zero-order chi connectivity index (χ0) is 35.6. The van der Waals surface area contributed by atoms with E-state index in [1.165, 1.54) is 24.6 Å². The molecule has 0 spiro atoms. The highest BCUT2D eigenvalue weighted by molar-refractivity contribution is 7.89. The molecule has 4 aromatic rings. The second-order valence-electron chi connectivity index (χ2n) is 12.4. The van der Waals surface area contributed by atoms with Gasteiger partial charge >= 0.3 is 0 Å². The molecule has 2 saturated heterocycles. The first-order valence-electron chi connectivity index (χ1n) is 16.4. The number of piperazine rings is 1. The highest BCUT2D eigenvalue weighted by atomic mass is 32.2. The molecule has 0 radical (unpaired) electrons. The van der Waals surface area contributed by atoms with Gasteiger partial charge in [-0.3, -0.25) is 9.59 Å². The van der Waals surface area contributed by atoms with Gasteiger partial charge in [0, 0.05) is 49.4 Å². The fraction of sp³-hybridized carbons (Fsp3) is 0.351. The van der Waals surface area contributed by atoms with Gasteiger partial charge in [0.05, 0.1) is 31.4 Å². The third kappa shape index (κ3) is 6.56. The minimum atomic E-state index is -4.21. The molecule has 12 nitrogen and oxygen atoms in total. The number of pyridine rings is 1. The van der Waals surface area contributed by atoms with Crippen LogP contribution in [0.25, 0.3) is 10.9 Å².